The maximum absolute atomic E-state index is 6.21. The van der Waals surface area contributed by atoms with E-state index in [-0.39, 0.29) is 0 Å². The Bertz CT molecular complexity index is 540. The van der Waals surface area contributed by atoms with Crippen LogP contribution >= 0.6 is 23.2 Å². The first-order valence-electron chi connectivity index (χ1n) is 6.87. The normalized spacial score (nSPS) is 12.3. The summed E-state index contributed by atoms with van der Waals surface area (Å²) in [5.74, 6) is 0. The molecule has 0 amide bonds. The zero-order valence-corrected chi connectivity index (χ0v) is 13.1. The fourth-order valence-corrected chi connectivity index (χ4v) is 2.82. The van der Waals surface area contributed by atoms with Crippen LogP contribution in [0.5, 0.6) is 0 Å². The van der Waals surface area contributed by atoms with Gasteiger partial charge in [-0.15, -0.1) is 0 Å². The highest BCUT2D eigenvalue weighted by molar-refractivity contribution is 6.42. The predicted octanol–water partition coefficient (Wildman–Crippen LogP) is 5.28. The highest BCUT2D eigenvalue weighted by Gasteiger charge is 2.09. The van der Waals surface area contributed by atoms with E-state index in [4.69, 9.17) is 23.2 Å². The standard InChI is InChI=1S/C17H19Cl2N/c1-20-16(13-7-3-2-4-8-13)12-6-10-14-9-5-11-15(18)17(14)19/h2-5,7-9,11,16,20H,6,10,12H2,1H3. The first kappa shape index (κ1) is 15.4. The Morgan fingerprint density at radius 1 is 1.00 bits per heavy atom. The fraction of sp³-hybridized carbons (Fsp3) is 0.294. The van der Waals surface area contributed by atoms with Crippen molar-refractivity contribution in [1.29, 1.82) is 0 Å². The number of halogens is 2. The Morgan fingerprint density at radius 3 is 2.45 bits per heavy atom. The highest BCUT2D eigenvalue weighted by Crippen LogP contribution is 2.27. The third kappa shape index (κ3) is 3.99. The maximum atomic E-state index is 6.21. The lowest BCUT2D eigenvalue weighted by Gasteiger charge is -2.16. The summed E-state index contributed by atoms with van der Waals surface area (Å²) in [7, 11) is 2.00. The van der Waals surface area contributed by atoms with Crippen molar-refractivity contribution in [1.82, 2.24) is 5.32 Å². The van der Waals surface area contributed by atoms with Crippen LogP contribution in [0.3, 0.4) is 0 Å². The second-order valence-electron chi connectivity index (χ2n) is 4.86. The molecule has 2 aromatic rings. The molecule has 0 saturated carbocycles. The molecule has 1 unspecified atom stereocenters. The quantitative estimate of drug-likeness (QED) is 0.766. The van der Waals surface area contributed by atoms with Crippen molar-refractivity contribution in [3.63, 3.8) is 0 Å². The van der Waals surface area contributed by atoms with Gasteiger partial charge in [0.15, 0.2) is 0 Å². The summed E-state index contributed by atoms with van der Waals surface area (Å²) in [5, 5.41) is 4.70. The molecular weight excluding hydrogens is 289 g/mol. The lowest BCUT2D eigenvalue weighted by Crippen LogP contribution is -2.16. The van der Waals surface area contributed by atoms with Crippen molar-refractivity contribution in [2.45, 2.75) is 25.3 Å². The van der Waals surface area contributed by atoms with E-state index in [2.05, 4.69) is 29.6 Å². The summed E-state index contributed by atoms with van der Waals surface area (Å²) in [6, 6.07) is 16.7. The molecule has 3 heteroatoms. The van der Waals surface area contributed by atoms with E-state index in [0.29, 0.717) is 16.1 Å². The molecule has 1 atom stereocenters. The van der Waals surface area contributed by atoms with Gasteiger partial charge in [0.05, 0.1) is 10.0 Å². The molecule has 0 saturated heterocycles. The van der Waals surface area contributed by atoms with Gasteiger partial charge in [-0.05, 0) is 43.5 Å². The molecule has 0 bridgehead atoms. The van der Waals surface area contributed by atoms with Gasteiger partial charge in [-0.3, -0.25) is 0 Å². The molecule has 106 valence electrons. The van der Waals surface area contributed by atoms with Gasteiger partial charge in [0.25, 0.3) is 0 Å². The zero-order chi connectivity index (χ0) is 14.4. The average molecular weight is 308 g/mol. The van der Waals surface area contributed by atoms with Gasteiger partial charge < -0.3 is 5.32 Å². The molecule has 20 heavy (non-hydrogen) atoms. The van der Waals surface area contributed by atoms with E-state index < -0.39 is 0 Å². The van der Waals surface area contributed by atoms with Crippen LogP contribution in [-0.2, 0) is 6.42 Å². The number of hydrogen-bond acceptors (Lipinski definition) is 1. The van der Waals surface area contributed by atoms with E-state index in [0.717, 1.165) is 24.8 Å². The molecule has 2 aromatic carbocycles. The van der Waals surface area contributed by atoms with Crippen LogP contribution in [0.2, 0.25) is 10.0 Å². The van der Waals surface area contributed by atoms with E-state index in [1.165, 1.54) is 5.56 Å². The molecule has 1 nitrogen and oxygen atoms in total. The number of aryl methyl sites for hydroxylation is 1. The first-order chi connectivity index (χ1) is 9.72. The van der Waals surface area contributed by atoms with Crippen molar-refractivity contribution >= 4 is 23.2 Å². The number of nitrogens with one attached hydrogen (secondary N) is 1. The Balaban J connectivity index is 1.93. The average Bonchev–Trinajstić information content (AvgIpc) is 2.49. The minimum absolute atomic E-state index is 0.383. The zero-order valence-electron chi connectivity index (χ0n) is 11.6. The van der Waals surface area contributed by atoms with Crippen molar-refractivity contribution < 1.29 is 0 Å². The van der Waals surface area contributed by atoms with Gasteiger partial charge in [0, 0.05) is 6.04 Å². The Kier molecular flexibility index (Phi) is 5.90. The van der Waals surface area contributed by atoms with Gasteiger partial charge >= 0.3 is 0 Å². The molecule has 0 aromatic heterocycles. The van der Waals surface area contributed by atoms with E-state index in [1.807, 2.05) is 31.3 Å². The smallest absolute Gasteiger partial charge is 0.0624 e. The molecule has 0 heterocycles. The van der Waals surface area contributed by atoms with Crippen LogP contribution in [-0.4, -0.2) is 7.05 Å². The van der Waals surface area contributed by atoms with Crippen molar-refractivity contribution in [2.24, 2.45) is 0 Å². The Hall–Kier alpha value is -1.02. The third-order valence-electron chi connectivity index (χ3n) is 3.52. The van der Waals surface area contributed by atoms with Crippen LogP contribution in [0.1, 0.15) is 30.0 Å². The van der Waals surface area contributed by atoms with Crippen LogP contribution < -0.4 is 5.32 Å². The van der Waals surface area contributed by atoms with E-state index in [9.17, 15) is 0 Å². The molecule has 0 aliphatic rings. The monoisotopic (exact) mass is 307 g/mol. The van der Waals surface area contributed by atoms with Crippen molar-refractivity contribution in [3.05, 3.63) is 69.7 Å². The molecule has 0 aliphatic carbocycles. The second-order valence-corrected chi connectivity index (χ2v) is 5.64. The van der Waals surface area contributed by atoms with E-state index >= 15 is 0 Å². The lowest BCUT2D eigenvalue weighted by molar-refractivity contribution is 0.527. The minimum atomic E-state index is 0.383. The van der Waals surface area contributed by atoms with Crippen LogP contribution in [0.15, 0.2) is 48.5 Å². The van der Waals surface area contributed by atoms with E-state index in [1.54, 1.807) is 0 Å². The summed E-state index contributed by atoms with van der Waals surface area (Å²) in [4.78, 5) is 0. The largest absolute Gasteiger partial charge is 0.313 e. The SMILES string of the molecule is CNC(CCCc1cccc(Cl)c1Cl)c1ccccc1. The van der Waals surface area contributed by atoms with Crippen LogP contribution in [0, 0.1) is 0 Å². The summed E-state index contributed by atoms with van der Waals surface area (Å²) in [6.07, 6.45) is 3.09. The maximum Gasteiger partial charge on any atom is 0.0624 e. The van der Waals surface area contributed by atoms with Crippen molar-refractivity contribution in [3.8, 4) is 0 Å². The van der Waals surface area contributed by atoms with Crippen LogP contribution in [0.25, 0.3) is 0 Å². The summed E-state index contributed by atoms with van der Waals surface area (Å²) < 4.78 is 0. The van der Waals surface area contributed by atoms with Gasteiger partial charge in [-0.25, -0.2) is 0 Å². The van der Waals surface area contributed by atoms with Gasteiger partial charge in [0.1, 0.15) is 0 Å². The summed E-state index contributed by atoms with van der Waals surface area (Å²) in [6.45, 7) is 0. The molecule has 0 spiro atoms. The molecule has 0 radical (unpaired) electrons. The number of benzene rings is 2. The first-order valence-corrected chi connectivity index (χ1v) is 7.63. The topological polar surface area (TPSA) is 12.0 Å². The lowest BCUT2D eigenvalue weighted by atomic mass is 9.99. The van der Waals surface area contributed by atoms with Crippen LogP contribution in [0.4, 0.5) is 0 Å². The predicted molar refractivity (Wildman–Crippen MR) is 87.6 cm³/mol. The molecule has 0 fully saturated rings. The minimum Gasteiger partial charge on any atom is -0.313 e. The second kappa shape index (κ2) is 7.68. The molecule has 2 rings (SSSR count). The van der Waals surface area contributed by atoms with Gasteiger partial charge in [-0.2, -0.15) is 0 Å². The fourth-order valence-electron chi connectivity index (χ4n) is 2.40. The van der Waals surface area contributed by atoms with Gasteiger partial charge in [-0.1, -0.05) is 65.7 Å². The molecule has 0 aliphatic heterocycles. The summed E-state index contributed by atoms with van der Waals surface area (Å²) in [5.41, 5.74) is 2.45. The van der Waals surface area contributed by atoms with Crippen molar-refractivity contribution in [2.75, 3.05) is 7.05 Å². The molecule has 1 N–H and O–H groups in total. The molecular formula is C17H19Cl2N. The third-order valence-corrected chi connectivity index (χ3v) is 4.38. The number of rotatable bonds is 6. The number of hydrogen-bond donors (Lipinski definition) is 1. The Labute approximate surface area is 130 Å². The highest BCUT2D eigenvalue weighted by atomic mass is 35.5. The Morgan fingerprint density at radius 2 is 1.75 bits per heavy atom. The van der Waals surface area contributed by atoms with Gasteiger partial charge in [0.2, 0.25) is 0 Å². The summed E-state index contributed by atoms with van der Waals surface area (Å²) >= 11 is 12.2.